The molecule has 1 aromatic carbocycles. The summed E-state index contributed by atoms with van der Waals surface area (Å²) in [7, 11) is 0. The predicted octanol–water partition coefficient (Wildman–Crippen LogP) is 4.34. The Labute approximate surface area is 142 Å². The maximum Gasteiger partial charge on any atom is 0.417 e. The lowest BCUT2D eigenvalue weighted by molar-refractivity contribution is -0.384. The fraction of sp³-hybridized carbons (Fsp3) is 0.0667. The number of nitro benzene ring substituents is 1. The van der Waals surface area contributed by atoms with Crippen molar-refractivity contribution in [1.82, 2.24) is 4.98 Å². The Hall–Kier alpha value is -3.19. The van der Waals surface area contributed by atoms with Crippen LogP contribution in [0, 0.1) is 21.4 Å². The molecule has 2 aromatic heterocycles. The summed E-state index contributed by atoms with van der Waals surface area (Å²) in [4.78, 5) is 14.1. The number of nitriles is 1. The van der Waals surface area contributed by atoms with Gasteiger partial charge in [0.2, 0.25) is 0 Å². The van der Waals surface area contributed by atoms with Crippen LogP contribution >= 0.6 is 11.3 Å². The van der Waals surface area contributed by atoms with Gasteiger partial charge >= 0.3 is 6.18 Å². The lowest BCUT2D eigenvalue weighted by Gasteiger charge is -2.11. The fourth-order valence-electron chi connectivity index (χ4n) is 2.33. The first kappa shape index (κ1) is 16.7. The molecule has 3 rings (SSSR count). The number of hydrogen-bond donors (Lipinski definition) is 1. The summed E-state index contributed by atoms with van der Waals surface area (Å²) in [5, 5.41) is 19.4. The van der Waals surface area contributed by atoms with Crippen molar-refractivity contribution in [1.29, 1.82) is 5.26 Å². The summed E-state index contributed by atoms with van der Waals surface area (Å²) < 4.78 is 40.3. The molecule has 0 atom stereocenters. The average Bonchev–Trinajstić information content (AvgIpc) is 2.89. The zero-order valence-corrected chi connectivity index (χ0v) is 13.0. The molecule has 0 spiro atoms. The van der Waals surface area contributed by atoms with E-state index in [1.165, 1.54) is 24.3 Å². The molecule has 10 heteroatoms. The first-order chi connectivity index (χ1) is 11.7. The van der Waals surface area contributed by atoms with Crippen molar-refractivity contribution in [3.8, 4) is 17.3 Å². The quantitative estimate of drug-likeness (QED) is 0.538. The molecule has 6 nitrogen and oxygen atoms in total. The number of aromatic nitrogens is 1. The maximum absolute atomic E-state index is 13.4. The van der Waals surface area contributed by atoms with E-state index >= 15 is 0 Å². The topological polar surface area (TPSA) is 106 Å². The Morgan fingerprint density at radius 1 is 1.28 bits per heavy atom. The third-order valence-electron chi connectivity index (χ3n) is 3.48. The number of halogens is 3. The van der Waals surface area contributed by atoms with Gasteiger partial charge in [0, 0.05) is 23.1 Å². The van der Waals surface area contributed by atoms with Crippen LogP contribution in [0.4, 0.5) is 24.5 Å². The zero-order chi connectivity index (χ0) is 18.4. The highest BCUT2D eigenvalue weighted by molar-refractivity contribution is 7.19. The second kappa shape index (κ2) is 5.71. The van der Waals surface area contributed by atoms with E-state index in [0.717, 1.165) is 17.4 Å². The third kappa shape index (κ3) is 2.85. The van der Waals surface area contributed by atoms with Gasteiger partial charge in [-0.15, -0.1) is 11.3 Å². The van der Waals surface area contributed by atoms with Gasteiger partial charge < -0.3 is 5.73 Å². The highest BCUT2D eigenvalue weighted by atomic mass is 32.1. The SMILES string of the molecule is N#Cc1sc2nc(-c3ccc([N+](=O)[O-])cc3)cc(C(F)(F)F)c2c1N. The Morgan fingerprint density at radius 3 is 2.44 bits per heavy atom. The lowest BCUT2D eigenvalue weighted by atomic mass is 10.1. The summed E-state index contributed by atoms with van der Waals surface area (Å²) in [5.41, 5.74) is 4.49. The summed E-state index contributed by atoms with van der Waals surface area (Å²) in [6.07, 6.45) is -4.70. The number of thiophene rings is 1. The van der Waals surface area contributed by atoms with E-state index in [1.807, 2.05) is 0 Å². The van der Waals surface area contributed by atoms with Crippen LogP contribution in [0.25, 0.3) is 21.5 Å². The molecule has 0 aliphatic carbocycles. The van der Waals surface area contributed by atoms with Crippen LogP contribution < -0.4 is 5.73 Å². The van der Waals surface area contributed by atoms with Gasteiger partial charge in [0.15, 0.2) is 0 Å². The lowest BCUT2D eigenvalue weighted by Crippen LogP contribution is -2.07. The predicted molar refractivity (Wildman–Crippen MR) is 85.8 cm³/mol. The van der Waals surface area contributed by atoms with Crippen LogP contribution in [-0.2, 0) is 6.18 Å². The molecular weight excluding hydrogens is 357 g/mol. The number of nitrogens with two attached hydrogens (primary N) is 1. The van der Waals surface area contributed by atoms with Crippen molar-refractivity contribution in [2.75, 3.05) is 5.73 Å². The average molecular weight is 364 g/mol. The summed E-state index contributed by atoms with van der Waals surface area (Å²) in [6, 6.07) is 7.57. The molecule has 0 aliphatic heterocycles. The molecule has 0 radical (unpaired) electrons. The van der Waals surface area contributed by atoms with Gasteiger partial charge in [0.05, 0.1) is 21.9 Å². The van der Waals surface area contributed by atoms with Crippen LogP contribution in [0.2, 0.25) is 0 Å². The molecule has 0 saturated heterocycles. The van der Waals surface area contributed by atoms with E-state index in [0.29, 0.717) is 0 Å². The number of rotatable bonds is 2. The van der Waals surface area contributed by atoms with Gasteiger partial charge in [-0.05, 0) is 18.2 Å². The monoisotopic (exact) mass is 364 g/mol. The number of fused-ring (bicyclic) bond motifs is 1. The number of benzene rings is 1. The van der Waals surface area contributed by atoms with Gasteiger partial charge in [-0.2, -0.15) is 18.4 Å². The molecule has 0 aliphatic rings. The molecule has 0 amide bonds. The summed E-state index contributed by atoms with van der Waals surface area (Å²) in [6.45, 7) is 0. The van der Waals surface area contributed by atoms with Crippen LogP contribution in [0.3, 0.4) is 0 Å². The van der Waals surface area contributed by atoms with E-state index in [1.54, 1.807) is 6.07 Å². The molecule has 0 fully saturated rings. The van der Waals surface area contributed by atoms with Gasteiger partial charge in [-0.1, -0.05) is 0 Å². The number of alkyl halides is 3. The van der Waals surface area contributed by atoms with Crippen LogP contribution in [0.1, 0.15) is 10.4 Å². The van der Waals surface area contributed by atoms with E-state index in [-0.39, 0.29) is 37.7 Å². The molecular formula is C15H7F3N4O2S. The van der Waals surface area contributed by atoms with Crippen LogP contribution in [0.5, 0.6) is 0 Å². The van der Waals surface area contributed by atoms with E-state index in [9.17, 15) is 23.3 Å². The van der Waals surface area contributed by atoms with Gasteiger partial charge in [-0.25, -0.2) is 4.98 Å². The van der Waals surface area contributed by atoms with E-state index < -0.39 is 16.7 Å². The molecule has 0 saturated carbocycles. The number of non-ortho nitro benzene ring substituents is 1. The third-order valence-corrected chi connectivity index (χ3v) is 4.48. The van der Waals surface area contributed by atoms with Gasteiger partial charge in [0.1, 0.15) is 15.8 Å². The van der Waals surface area contributed by atoms with Gasteiger partial charge in [-0.3, -0.25) is 10.1 Å². The molecule has 126 valence electrons. The Kier molecular flexibility index (Phi) is 3.81. The summed E-state index contributed by atoms with van der Waals surface area (Å²) in [5.74, 6) is 0. The second-order valence-electron chi connectivity index (χ2n) is 4.99. The number of hydrogen-bond acceptors (Lipinski definition) is 6. The fourth-order valence-corrected chi connectivity index (χ4v) is 3.25. The smallest absolute Gasteiger partial charge is 0.396 e. The maximum atomic E-state index is 13.4. The molecule has 0 bridgehead atoms. The minimum Gasteiger partial charge on any atom is -0.396 e. The highest BCUT2D eigenvalue weighted by Crippen LogP contribution is 2.43. The van der Waals surface area contributed by atoms with E-state index in [4.69, 9.17) is 11.0 Å². The largest absolute Gasteiger partial charge is 0.417 e. The number of nitrogens with zero attached hydrogens (tertiary/aromatic N) is 3. The van der Waals surface area contributed by atoms with Crippen LogP contribution in [0.15, 0.2) is 30.3 Å². The summed E-state index contributed by atoms with van der Waals surface area (Å²) >= 11 is 0.766. The number of anilines is 1. The van der Waals surface area contributed by atoms with Crippen molar-refractivity contribution < 1.29 is 18.1 Å². The zero-order valence-electron chi connectivity index (χ0n) is 12.2. The number of nitrogen functional groups attached to an aromatic ring is 1. The highest BCUT2D eigenvalue weighted by Gasteiger charge is 2.35. The second-order valence-corrected chi connectivity index (χ2v) is 5.99. The normalized spacial score (nSPS) is 11.4. The van der Waals surface area contributed by atoms with Crippen LogP contribution in [-0.4, -0.2) is 9.91 Å². The van der Waals surface area contributed by atoms with Crippen molar-refractivity contribution in [3.63, 3.8) is 0 Å². The standard InChI is InChI=1S/C15H7F3N4O2S/c16-15(17,18)9-5-10(7-1-3-8(4-2-7)22(23)24)21-14-12(9)13(20)11(6-19)25-14/h1-5H,20H2. The number of nitro groups is 1. The minimum atomic E-state index is -4.70. The molecule has 2 N–H and O–H groups in total. The molecule has 2 heterocycles. The van der Waals surface area contributed by atoms with Crippen molar-refractivity contribution in [2.24, 2.45) is 0 Å². The Balaban J connectivity index is 2.27. The van der Waals surface area contributed by atoms with E-state index in [2.05, 4.69) is 4.98 Å². The van der Waals surface area contributed by atoms with Gasteiger partial charge in [0.25, 0.3) is 5.69 Å². The van der Waals surface area contributed by atoms with Crippen molar-refractivity contribution in [3.05, 3.63) is 50.9 Å². The Morgan fingerprint density at radius 2 is 1.92 bits per heavy atom. The van der Waals surface area contributed by atoms with Crippen molar-refractivity contribution >= 4 is 32.9 Å². The minimum absolute atomic E-state index is 0.0135. The number of pyridine rings is 1. The molecule has 0 unspecified atom stereocenters. The molecule has 25 heavy (non-hydrogen) atoms. The first-order valence-corrected chi connectivity index (χ1v) is 7.49. The first-order valence-electron chi connectivity index (χ1n) is 6.67. The van der Waals surface area contributed by atoms with Crippen molar-refractivity contribution in [2.45, 2.75) is 6.18 Å². The Bertz CT molecular complexity index is 1040. The molecule has 3 aromatic rings.